The maximum Gasteiger partial charge on any atom is 0.128 e. The van der Waals surface area contributed by atoms with Crippen molar-refractivity contribution in [3.8, 4) is 0 Å². The fraction of sp³-hybridized carbons (Fsp3) is 0.357. The number of imidazole rings is 1. The summed E-state index contributed by atoms with van der Waals surface area (Å²) >= 11 is 1.89. The zero-order valence-corrected chi connectivity index (χ0v) is 11.7. The van der Waals surface area contributed by atoms with Crippen LogP contribution in [0.4, 0.5) is 0 Å². The van der Waals surface area contributed by atoms with E-state index in [0.717, 1.165) is 18.8 Å². The first-order valence-electron chi connectivity index (χ1n) is 6.55. The van der Waals surface area contributed by atoms with Gasteiger partial charge in [0.15, 0.2) is 0 Å². The number of nitrogens with one attached hydrogen (secondary N) is 1. The predicted octanol–water partition coefficient (Wildman–Crippen LogP) is 2.12. The summed E-state index contributed by atoms with van der Waals surface area (Å²) in [6.45, 7) is 3.03. The van der Waals surface area contributed by atoms with Crippen LogP contribution in [0.25, 0.3) is 0 Å². The van der Waals surface area contributed by atoms with E-state index in [-0.39, 0.29) is 6.04 Å². The number of benzene rings is 1. The Hall–Kier alpha value is -1.30. The third-order valence-corrected chi connectivity index (χ3v) is 4.98. The lowest BCUT2D eigenvalue weighted by Crippen LogP contribution is -2.37. The molecule has 0 aliphatic carbocycles. The molecule has 1 aliphatic heterocycles. The molecule has 4 nitrogen and oxygen atoms in total. The van der Waals surface area contributed by atoms with E-state index >= 15 is 0 Å². The molecule has 2 heterocycles. The number of hydrogen-bond acceptors (Lipinski definition) is 4. The Morgan fingerprint density at radius 1 is 1.53 bits per heavy atom. The van der Waals surface area contributed by atoms with Gasteiger partial charge in [0, 0.05) is 29.1 Å². The van der Waals surface area contributed by atoms with Crippen LogP contribution < -0.4 is 11.3 Å². The van der Waals surface area contributed by atoms with Gasteiger partial charge in [-0.05, 0) is 25.0 Å². The summed E-state index contributed by atoms with van der Waals surface area (Å²) in [5.41, 5.74) is 4.36. The van der Waals surface area contributed by atoms with Crippen LogP contribution in [0.15, 0.2) is 41.6 Å². The maximum atomic E-state index is 5.79. The average molecular weight is 274 g/mol. The highest BCUT2D eigenvalue weighted by Gasteiger charge is 2.32. The molecule has 0 amide bonds. The number of rotatable bonds is 4. The molecular formula is C14H18N4S. The van der Waals surface area contributed by atoms with Crippen LogP contribution in [0.3, 0.4) is 0 Å². The first-order chi connectivity index (χ1) is 9.33. The van der Waals surface area contributed by atoms with Crippen molar-refractivity contribution >= 4 is 11.8 Å². The highest BCUT2D eigenvalue weighted by Crippen LogP contribution is 2.41. The molecule has 2 unspecified atom stereocenters. The molecule has 0 radical (unpaired) electrons. The van der Waals surface area contributed by atoms with Crippen molar-refractivity contribution in [3.63, 3.8) is 0 Å². The van der Waals surface area contributed by atoms with Gasteiger partial charge < -0.3 is 4.57 Å². The number of nitrogens with zero attached hydrogens (tertiary/aromatic N) is 2. The van der Waals surface area contributed by atoms with Gasteiger partial charge in [-0.25, -0.2) is 10.4 Å². The molecule has 1 aromatic carbocycles. The molecule has 5 heteroatoms. The molecule has 3 N–H and O–H groups in total. The van der Waals surface area contributed by atoms with Gasteiger partial charge in [-0.3, -0.25) is 5.84 Å². The van der Waals surface area contributed by atoms with E-state index in [1.54, 1.807) is 0 Å². The molecule has 3 rings (SSSR count). The Balaban J connectivity index is 1.86. The lowest BCUT2D eigenvalue weighted by atomic mass is 10.1. The Morgan fingerprint density at radius 3 is 3.11 bits per heavy atom. The molecule has 0 spiro atoms. The summed E-state index contributed by atoms with van der Waals surface area (Å²) in [5.74, 6) is 6.81. The van der Waals surface area contributed by atoms with Crippen LogP contribution in [-0.4, -0.2) is 14.8 Å². The van der Waals surface area contributed by atoms with E-state index < -0.39 is 0 Å². The fourth-order valence-corrected chi connectivity index (χ4v) is 4.00. The van der Waals surface area contributed by atoms with Crippen molar-refractivity contribution in [2.45, 2.75) is 36.1 Å². The number of aryl methyl sites for hydroxylation is 1. The second-order valence-corrected chi connectivity index (χ2v) is 5.96. The van der Waals surface area contributed by atoms with Gasteiger partial charge >= 0.3 is 0 Å². The van der Waals surface area contributed by atoms with Crippen LogP contribution in [0.2, 0.25) is 0 Å². The van der Waals surface area contributed by atoms with Crippen LogP contribution in [0.1, 0.15) is 24.4 Å². The second kappa shape index (κ2) is 5.36. The molecule has 2 atom stereocenters. The first-order valence-corrected chi connectivity index (χ1v) is 7.43. The number of hydrazine groups is 1. The van der Waals surface area contributed by atoms with Crippen LogP contribution in [0.5, 0.6) is 0 Å². The predicted molar refractivity (Wildman–Crippen MR) is 77.8 cm³/mol. The maximum absolute atomic E-state index is 5.79. The summed E-state index contributed by atoms with van der Waals surface area (Å²) in [6.07, 6.45) is 4.88. The van der Waals surface area contributed by atoms with Crippen LogP contribution in [-0.2, 0) is 13.0 Å². The molecule has 1 aromatic heterocycles. The third kappa shape index (κ3) is 2.29. The average Bonchev–Trinajstić information content (AvgIpc) is 3.05. The topological polar surface area (TPSA) is 55.9 Å². The zero-order valence-electron chi connectivity index (χ0n) is 10.9. The minimum Gasteiger partial charge on any atom is -0.334 e. The Kier molecular flexibility index (Phi) is 3.59. The van der Waals surface area contributed by atoms with E-state index in [1.807, 2.05) is 24.2 Å². The molecule has 0 fully saturated rings. The van der Waals surface area contributed by atoms with E-state index in [1.165, 1.54) is 10.5 Å². The number of aromatic nitrogens is 2. The first kappa shape index (κ1) is 12.7. The highest BCUT2D eigenvalue weighted by molar-refractivity contribution is 8.00. The Bertz CT molecular complexity index is 541. The van der Waals surface area contributed by atoms with Crippen LogP contribution in [0, 0.1) is 0 Å². The monoisotopic (exact) mass is 274 g/mol. The fourth-order valence-electron chi connectivity index (χ4n) is 2.61. The normalized spacial score (nSPS) is 19.4. The molecular weight excluding hydrogens is 256 g/mol. The number of hydrogen-bond donors (Lipinski definition) is 2. The van der Waals surface area contributed by atoms with Gasteiger partial charge in [-0.2, -0.15) is 0 Å². The van der Waals surface area contributed by atoms with Crippen molar-refractivity contribution in [2.24, 2.45) is 5.84 Å². The molecule has 19 heavy (non-hydrogen) atoms. The smallest absolute Gasteiger partial charge is 0.128 e. The van der Waals surface area contributed by atoms with Gasteiger partial charge in [0.05, 0.1) is 6.04 Å². The SMILES string of the molecule is CCn1ccnc1C(NN)C1Cc2ccccc2S1. The highest BCUT2D eigenvalue weighted by atomic mass is 32.2. The van der Waals surface area contributed by atoms with Crippen molar-refractivity contribution in [1.29, 1.82) is 0 Å². The minimum absolute atomic E-state index is 0.0762. The Morgan fingerprint density at radius 2 is 2.37 bits per heavy atom. The third-order valence-electron chi connectivity index (χ3n) is 3.59. The number of nitrogens with two attached hydrogens (primary N) is 1. The summed E-state index contributed by atoms with van der Waals surface area (Å²) in [7, 11) is 0. The van der Waals surface area contributed by atoms with Gasteiger partial charge in [0.25, 0.3) is 0 Å². The summed E-state index contributed by atoms with van der Waals surface area (Å²) in [4.78, 5) is 5.84. The van der Waals surface area contributed by atoms with Gasteiger partial charge in [0.1, 0.15) is 5.82 Å². The lowest BCUT2D eigenvalue weighted by Gasteiger charge is -2.22. The summed E-state index contributed by atoms with van der Waals surface area (Å²) in [5, 5.41) is 0.398. The van der Waals surface area contributed by atoms with E-state index in [0.29, 0.717) is 5.25 Å². The quantitative estimate of drug-likeness (QED) is 0.662. The largest absolute Gasteiger partial charge is 0.334 e. The molecule has 1 aliphatic rings. The standard InChI is InChI=1S/C14H18N4S/c1-2-18-8-7-16-14(18)13(17-15)12-9-10-5-3-4-6-11(10)19-12/h3-8,12-13,17H,2,9,15H2,1H3. The van der Waals surface area contributed by atoms with Gasteiger partial charge in [-0.1, -0.05) is 18.2 Å². The summed E-state index contributed by atoms with van der Waals surface area (Å²) in [6, 6.07) is 8.64. The van der Waals surface area contributed by atoms with Crippen molar-refractivity contribution in [1.82, 2.24) is 15.0 Å². The van der Waals surface area contributed by atoms with Crippen molar-refractivity contribution in [3.05, 3.63) is 48.0 Å². The molecule has 2 aromatic rings. The molecule has 100 valence electrons. The summed E-state index contributed by atoms with van der Waals surface area (Å²) < 4.78 is 2.15. The second-order valence-electron chi connectivity index (χ2n) is 4.68. The van der Waals surface area contributed by atoms with Gasteiger partial charge in [0.2, 0.25) is 0 Å². The van der Waals surface area contributed by atoms with E-state index in [9.17, 15) is 0 Å². The number of fused-ring (bicyclic) bond motifs is 1. The molecule has 0 saturated carbocycles. The molecule has 0 bridgehead atoms. The van der Waals surface area contributed by atoms with Crippen molar-refractivity contribution < 1.29 is 0 Å². The van der Waals surface area contributed by atoms with Crippen molar-refractivity contribution in [2.75, 3.05) is 0 Å². The van der Waals surface area contributed by atoms with E-state index in [2.05, 4.69) is 46.2 Å². The minimum atomic E-state index is 0.0762. The Labute approximate surface area is 117 Å². The molecule has 0 saturated heterocycles. The lowest BCUT2D eigenvalue weighted by molar-refractivity contribution is 0.483. The zero-order chi connectivity index (χ0) is 13.2. The van der Waals surface area contributed by atoms with Gasteiger partial charge in [-0.15, -0.1) is 11.8 Å². The van der Waals surface area contributed by atoms with E-state index in [4.69, 9.17) is 5.84 Å². The van der Waals surface area contributed by atoms with Crippen LogP contribution >= 0.6 is 11.8 Å². The number of thioether (sulfide) groups is 1.